The largest absolute Gasteiger partial charge is 0.0651 e. The van der Waals surface area contributed by atoms with E-state index in [9.17, 15) is 0 Å². The van der Waals surface area contributed by atoms with Gasteiger partial charge in [-0.05, 0) is 36.0 Å². The van der Waals surface area contributed by atoms with Crippen LogP contribution >= 0.6 is 0 Å². The minimum absolute atomic E-state index is 0.849. The molecule has 0 fully saturated rings. The molecule has 0 nitrogen and oxygen atoms in total. The van der Waals surface area contributed by atoms with Gasteiger partial charge in [0.2, 0.25) is 0 Å². The van der Waals surface area contributed by atoms with Crippen molar-refractivity contribution in [1.29, 1.82) is 0 Å². The summed E-state index contributed by atoms with van der Waals surface area (Å²) in [7, 11) is 0. The van der Waals surface area contributed by atoms with Gasteiger partial charge in [0.05, 0.1) is 0 Å². The number of unbranched alkanes of at least 4 members (excludes halogenated alkanes) is 1. The fourth-order valence-corrected chi connectivity index (χ4v) is 3.23. The van der Waals surface area contributed by atoms with Gasteiger partial charge in [-0.25, -0.2) is 0 Å². The molecule has 0 heteroatoms. The lowest BCUT2D eigenvalue weighted by Gasteiger charge is -2.31. The second-order valence-corrected chi connectivity index (χ2v) is 7.38. The van der Waals surface area contributed by atoms with Gasteiger partial charge >= 0.3 is 0 Å². The summed E-state index contributed by atoms with van der Waals surface area (Å²) in [4.78, 5) is 0. The van der Waals surface area contributed by atoms with E-state index in [1.807, 2.05) is 0 Å². The molecule has 0 aliphatic carbocycles. The Morgan fingerprint density at radius 1 is 0.722 bits per heavy atom. The van der Waals surface area contributed by atoms with E-state index in [0.29, 0.717) is 0 Å². The lowest BCUT2D eigenvalue weighted by Crippen LogP contribution is -2.22. The summed E-state index contributed by atoms with van der Waals surface area (Å²) in [5, 5.41) is 0. The number of hydrogen-bond donors (Lipinski definition) is 0. The normalized spacial score (nSPS) is 15.7. The van der Waals surface area contributed by atoms with Crippen LogP contribution < -0.4 is 0 Å². The molecule has 0 aromatic rings. The van der Waals surface area contributed by atoms with Crippen LogP contribution in [0.2, 0.25) is 0 Å². The summed E-state index contributed by atoms with van der Waals surface area (Å²) < 4.78 is 0. The van der Waals surface area contributed by atoms with Crippen LogP contribution in [-0.4, -0.2) is 0 Å². The van der Waals surface area contributed by atoms with Crippen LogP contribution in [0.1, 0.15) is 87.0 Å². The average Bonchev–Trinajstić information content (AvgIpc) is 2.26. The van der Waals surface area contributed by atoms with Crippen molar-refractivity contribution in [3.63, 3.8) is 0 Å². The number of rotatable bonds is 10. The zero-order valence-electron chi connectivity index (χ0n) is 14.1. The summed E-state index contributed by atoms with van der Waals surface area (Å²) in [6.45, 7) is 16.7. The van der Waals surface area contributed by atoms with E-state index < -0.39 is 0 Å². The van der Waals surface area contributed by atoms with Crippen LogP contribution in [0.4, 0.5) is 0 Å². The zero-order chi connectivity index (χ0) is 14.1. The zero-order valence-corrected chi connectivity index (χ0v) is 14.1. The van der Waals surface area contributed by atoms with E-state index in [-0.39, 0.29) is 0 Å². The van der Waals surface area contributed by atoms with Crippen LogP contribution in [0.5, 0.6) is 0 Å². The maximum absolute atomic E-state index is 2.42. The maximum atomic E-state index is 2.42. The first-order valence-electron chi connectivity index (χ1n) is 8.38. The Morgan fingerprint density at radius 3 is 1.67 bits per heavy atom. The van der Waals surface area contributed by atoms with E-state index in [1.165, 1.54) is 38.5 Å². The first kappa shape index (κ1) is 18.0. The fraction of sp³-hybridized carbons (Fsp3) is 1.00. The Kier molecular flexibility index (Phi) is 9.87. The summed E-state index contributed by atoms with van der Waals surface area (Å²) in [5.41, 5.74) is 0. The summed E-state index contributed by atoms with van der Waals surface area (Å²) in [6, 6.07) is 0. The van der Waals surface area contributed by atoms with Gasteiger partial charge in [0, 0.05) is 0 Å². The van der Waals surface area contributed by atoms with Gasteiger partial charge in [0.15, 0.2) is 0 Å². The Balaban J connectivity index is 4.16. The van der Waals surface area contributed by atoms with Crippen molar-refractivity contribution in [2.75, 3.05) is 0 Å². The summed E-state index contributed by atoms with van der Waals surface area (Å²) in [6.07, 6.45) is 8.53. The molecule has 2 unspecified atom stereocenters. The summed E-state index contributed by atoms with van der Waals surface area (Å²) in [5.74, 6) is 4.47. The van der Waals surface area contributed by atoms with Gasteiger partial charge in [0.25, 0.3) is 0 Å². The Labute approximate surface area is 117 Å². The van der Waals surface area contributed by atoms with E-state index in [2.05, 4.69) is 48.5 Å². The molecule has 0 heterocycles. The lowest BCUT2D eigenvalue weighted by atomic mass is 9.75. The van der Waals surface area contributed by atoms with Gasteiger partial charge in [-0.1, -0.05) is 80.6 Å². The maximum Gasteiger partial charge on any atom is -0.0360 e. The molecule has 0 rings (SSSR count). The monoisotopic (exact) mass is 254 g/mol. The van der Waals surface area contributed by atoms with Crippen molar-refractivity contribution in [3.8, 4) is 0 Å². The van der Waals surface area contributed by atoms with Crippen molar-refractivity contribution in [2.24, 2.45) is 29.6 Å². The molecule has 0 spiro atoms. The average molecular weight is 255 g/mol. The highest BCUT2D eigenvalue weighted by atomic mass is 14.3. The van der Waals surface area contributed by atoms with Gasteiger partial charge in [-0.3, -0.25) is 0 Å². The Morgan fingerprint density at radius 2 is 1.28 bits per heavy atom. The molecular formula is C18H38. The predicted molar refractivity (Wildman–Crippen MR) is 84.9 cm³/mol. The minimum atomic E-state index is 0.849. The third-order valence-electron chi connectivity index (χ3n) is 4.34. The van der Waals surface area contributed by atoms with Crippen LogP contribution in [0.3, 0.4) is 0 Å². The fourth-order valence-electron chi connectivity index (χ4n) is 3.23. The highest BCUT2D eigenvalue weighted by molar-refractivity contribution is 4.73. The van der Waals surface area contributed by atoms with Gasteiger partial charge < -0.3 is 0 Å². The molecule has 18 heavy (non-hydrogen) atoms. The molecular weight excluding hydrogens is 216 g/mol. The third kappa shape index (κ3) is 8.16. The SMILES string of the molecule is CCC(CCCCC(C)C)C(CC(C)C)C(C)C. The van der Waals surface area contributed by atoms with Gasteiger partial charge in [-0.15, -0.1) is 0 Å². The predicted octanol–water partition coefficient (Wildman–Crippen LogP) is 6.55. The van der Waals surface area contributed by atoms with Crippen molar-refractivity contribution in [3.05, 3.63) is 0 Å². The van der Waals surface area contributed by atoms with Crippen LogP contribution in [0.25, 0.3) is 0 Å². The van der Waals surface area contributed by atoms with Gasteiger partial charge in [-0.2, -0.15) is 0 Å². The smallest absolute Gasteiger partial charge is 0.0360 e. The molecule has 0 saturated heterocycles. The van der Waals surface area contributed by atoms with E-state index in [1.54, 1.807) is 0 Å². The standard InChI is InChI=1S/C18H38/c1-8-17(12-10-9-11-14(2)3)18(16(6)7)13-15(4)5/h14-18H,8-13H2,1-7H3. The van der Waals surface area contributed by atoms with Gasteiger partial charge in [0.1, 0.15) is 0 Å². The highest BCUT2D eigenvalue weighted by Gasteiger charge is 2.23. The molecule has 0 N–H and O–H groups in total. The molecule has 110 valence electrons. The molecule has 2 atom stereocenters. The van der Waals surface area contributed by atoms with Crippen LogP contribution in [0.15, 0.2) is 0 Å². The summed E-state index contributed by atoms with van der Waals surface area (Å²) >= 11 is 0. The van der Waals surface area contributed by atoms with Crippen LogP contribution in [-0.2, 0) is 0 Å². The van der Waals surface area contributed by atoms with Crippen molar-refractivity contribution >= 4 is 0 Å². The topological polar surface area (TPSA) is 0 Å². The Hall–Kier alpha value is 0. The molecule has 0 saturated carbocycles. The second kappa shape index (κ2) is 9.87. The van der Waals surface area contributed by atoms with Crippen molar-refractivity contribution in [2.45, 2.75) is 87.0 Å². The molecule has 0 aliphatic rings. The van der Waals surface area contributed by atoms with E-state index >= 15 is 0 Å². The van der Waals surface area contributed by atoms with E-state index in [0.717, 1.165) is 29.6 Å². The number of hydrogen-bond acceptors (Lipinski definition) is 0. The second-order valence-electron chi connectivity index (χ2n) is 7.38. The molecule has 0 aromatic carbocycles. The molecule has 0 radical (unpaired) electrons. The first-order chi connectivity index (χ1) is 8.38. The quantitative estimate of drug-likeness (QED) is 0.388. The van der Waals surface area contributed by atoms with E-state index in [4.69, 9.17) is 0 Å². The first-order valence-corrected chi connectivity index (χ1v) is 8.38. The lowest BCUT2D eigenvalue weighted by molar-refractivity contribution is 0.193. The molecule has 0 aromatic heterocycles. The Bertz CT molecular complexity index is 178. The van der Waals surface area contributed by atoms with Crippen molar-refractivity contribution < 1.29 is 0 Å². The molecule has 0 bridgehead atoms. The third-order valence-corrected chi connectivity index (χ3v) is 4.34. The van der Waals surface area contributed by atoms with Crippen molar-refractivity contribution in [1.82, 2.24) is 0 Å². The highest BCUT2D eigenvalue weighted by Crippen LogP contribution is 2.33. The molecule has 0 aliphatic heterocycles. The van der Waals surface area contributed by atoms with Crippen LogP contribution in [0, 0.1) is 29.6 Å². The minimum Gasteiger partial charge on any atom is -0.0651 e. The molecule has 0 amide bonds.